The number of benzene rings is 2. The third-order valence-corrected chi connectivity index (χ3v) is 4.12. The predicted molar refractivity (Wildman–Crippen MR) is 87.0 cm³/mol. The van der Waals surface area contributed by atoms with Crippen LogP contribution in [0.25, 0.3) is 0 Å². The molecule has 2 nitrogen and oxygen atoms in total. The van der Waals surface area contributed by atoms with E-state index in [1.807, 2.05) is 37.4 Å². The molecule has 2 aromatic carbocycles. The standard InChI is InChI=1S/C16H14BrClN2/c1-20(11-13-4-2-3-12(7-13)10-19)15-6-5-14(9-18)16(17)8-15/h2-8H,9,11H2,1H3. The quantitative estimate of drug-likeness (QED) is 0.748. The molecule has 0 aromatic heterocycles. The molecule has 0 unspecified atom stereocenters. The van der Waals surface area contributed by atoms with Crippen molar-refractivity contribution in [3.05, 3.63) is 63.6 Å². The zero-order valence-electron chi connectivity index (χ0n) is 11.1. The van der Waals surface area contributed by atoms with Crippen LogP contribution in [-0.4, -0.2) is 7.05 Å². The highest BCUT2D eigenvalue weighted by molar-refractivity contribution is 9.10. The summed E-state index contributed by atoms with van der Waals surface area (Å²) in [6.45, 7) is 0.752. The number of hydrogen-bond donors (Lipinski definition) is 0. The first kappa shape index (κ1) is 14.9. The minimum atomic E-state index is 0.495. The molecule has 0 saturated carbocycles. The van der Waals surface area contributed by atoms with Crippen molar-refractivity contribution in [1.82, 2.24) is 0 Å². The summed E-state index contributed by atoms with van der Waals surface area (Å²) < 4.78 is 1.02. The molecular weight excluding hydrogens is 336 g/mol. The van der Waals surface area contributed by atoms with Crippen LogP contribution in [0.3, 0.4) is 0 Å². The van der Waals surface area contributed by atoms with E-state index in [0.29, 0.717) is 11.4 Å². The van der Waals surface area contributed by atoms with Crippen molar-refractivity contribution < 1.29 is 0 Å². The van der Waals surface area contributed by atoms with E-state index >= 15 is 0 Å². The van der Waals surface area contributed by atoms with Gasteiger partial charge in [-0.25, -0.2) is 0 Å². The minimum absolute atomic E-state index is 0.495. The average Bonchev–Trinajstić information content (AvgIpc) is 2.47. The summed E-state index contributed by atoms with van der Waals surface area (Å²) in [5.74, 6) is 0.495. The largest absolute Gasteiger partial charge is 0.370 e. The monoisotopic (exact) mass is 348 g/mol. The van der Waals surface area contributed by atoms with Crippen molar-refractivity contribution in [3.8, 4) is 6.07 Å². The molecule has 102 valence electrons. The van der Waals surface area contributed by atoms with Gasteiger partial charge in [0.1, 0.15) is 0 Å². The first-order chi connectivity index (χ1) is 9.63. The Balaban J connectivity index is 2.17. The molecule has 0 heterocycles. The van der Waals surface area contributed by atoms with Crippen LogP contribution in [0.4, 0.5) is 5.69 Å². The molecule has 20 heavy (non-hydrogen) atoms. The van der Waals surface area contributed by atoms with Crippen molar-refractivity contribution >= 4 is 33.2 Å². The SMILES string of the molecule is CN(Cc1cccc(C#N)c1)c1ccc(CCl)c(Br)c1. The average molecular weight is 350 g/mol. The maximum Gasteiger partial charge on any atom is 0.0991 e. The summed E-state index contributed by atoms with van der Waals surface area (Å²) >= 11 is 9.38. The number of alkyl halides is 1. The van der Waals surface area contributed by atoms with E-state index in [2.05, 4.69) is 39.0 Å². The fourth-order valence-electron chi connectivity index (χ4n) is 1.99. The van der Waals surface area contributed by atoms with Gasteiger partial charge < -0.3 is 4.90 Å². The second-order valence-electron chi connectivity index (χ2n) is 4.58. The van der Waals surface area contributed by atoms with Gasteiger partial charge in [0.05, 0.1) is 11.6 Å². The van der Waals surface area contributed by atoms with E-state index in [-0.39, 0.29) is 0 Å². The first-order valence-electron chi connectivity index (χ1n) is 6.18. The number of nitriles is 1. The molecule has 0 N–H and O–H groups in total. The lowest BCUT2D eigenvalue weighted by atomic mass is 10.1. The molecule has 0 saturated heterocycles. The van der Waals surface area contributed by atoms with E-state index in [9.17, 15) is 0 Å². The molecule has 0 spiro atoms. The highest BCUT2D eigenvalue weighted by atomic mass is 79.9. The maximum atomic E-state index is 8.92. The zero-order chi connectivity index (χ0) is 14.5. The molecule has 0 aliphatic heterocycles. The Morgan fingerprint density at radius 1 is 1.25 bits per heavy atom. The molecule has 4 heteroatoms. The summed E-state index contributed by atoms with van der Waals surface area (Å²) in [5.41, 5.74) is 3.99. The normalized spacial score (nSPS) is 10.1. The lowest BCUT2D eigenvalue weighted by Gasteiger charge is -2.20. The molecule has 0 bridgehead atoms. The predicted octanol–water partition coefficient (Wildman–Crippen LogP) is 4.70. The van der Waals surface area contributed by atoms with Gasteiger partial charge in [-0.3, -0.25) is 0 Å². The number of halogens is 2. The van der Waals surface area contributed by atoms with Crippen LogP contribution in [0, 0.1) is 11.3 Å². The smallest absolute Gasteiger partial charge is 0.0991 e. The second kappa shape index (κ2) is 6.78. The molecule has 0 amide bonds. The lowest BCUT2D eigenvalue weighted by Crippen LogP contribution is -2.16. The minimum Gasteiger partial charge on any atom is -0.370 e. The van der Waals surface area contributed by atoms with Crippen LogP contribution in [-0.2, 0) is 12.4 Å². The Morgan fingerprint density at radius 2 is 2.05 bits per heavy atom. The molecule has 0 radical (unpaired) electrons. The molecule has 0 aliphatic rings. The summed E-state index contributed by atoms with van der Waals surface area (Å²) in [6, 6.07) is 16.0. The summed E-state index contributed by atoms with van der Waals surface area (Å²) in [5, 5.41) is 8.92. The Labute approximate surface area is 132 Å². The van der Waals surface area contributed by atoms with Crippen LogP contribution in [0.1, 0.15) is 16.7 Å². The van der Waals surface area contributed by atoms with Gasteiger partial charge in [0.25, 0.3) is 0 Å². The van der Waals surface area contributed by atoms with E-state index in [1.165, 1.54) is 0 Å². The van der Waals surface area contributed by atoms with Crippen molar-refractivity contribution in [2.45, 2.75) is 12.4 Å². The van der Waals surface area contributed by atoms with Crippen molar-refractivity contribution in [1.29, 1.82) is 5.26 Å². The first-order valence-corrected chi connectivity index (χ1v) is 7.51. The van der Waals surface area contributed by atoms with Crippen LogP contribution in [0.2, 0.25) is 0 Å². The van der Waals surface area contributed by atoms with Crippen molar-refractivity contribution in [3.63, 3.8) is 0 Å². The highest BCUT2D eigenvalue weighted by Crippen LogP contribution is 2.25. The van der Waals surface area contributed by atoms with Gasteiger partial charge in [0.15, 0.2) is 0 Å². The fraction of sp³-hybridized carbons (Fsp3) is 0.188. The fourth-order valence-corrected chi connectivity index (χ4v) is 2.89. The summed E-state index contributed by atoms with van der Waals surface area (Å²) in [4.78, 5) is 2.14. The van der Waals surface area contributed by atoms with Crippen molar-refractivity contribution in [2.24, 2.45) is 0 Å². The van der Waals surface area contributed by atoms with E-state index in [0.717, 1.165) is 27.8 Å². The molecule has 2 rings (SSSR count). The zero-order valence-corrected chi connectivity index (χ0v) is 13.4. The van der Waals surface area contributed by atoms with Crippen LogP contribution < -0.4 is 4.90 Å². The van der Waals surface area contributed by atoms with Gasteiger partial charge in [-0.1, -0.05) is 34.1 Å². The van der Waals surface area contributed by atoms with Gasteiger partial charge in [-0.05, 0) is 35.4 Å². The van der Waals surface area contributed by atoms with Crippen molar-refractivity contribution in [2.75, 3.05) is 11.9 Å². The van der Waals surface area contributed by atoms with E-state index < -0.39 is 0 Å². The van der Waals surface area contributed by atoms with Crippen LogP contribution in [0.15, 0.2) is 46.9 Å². The Bertz CT molecular complexity index is 649. The van der Waals surface area contributed by atoms with Gasteiger partial charge in [0.2, 0.25) is 0 Å². The van der Waals surface area contributed by atoms with Gasteiger partial charge in [-0.2, -0.15) is 5.26 Å². The third-order valence-electron chi connectivity index (χ3n) is 3.10. The van der Waals surface area contributed by atoms with Crippen LogP contribution in [0.5, 0.6) is 0 Å². The second-order valence-corrected chi connectivity index (χ2v) is 5.70. The molecule has 0 fully saturated rings. The lowest BCUT2D eigenvalue weighted by molar-refractivity contribution is 0.921. The number of nitrogens with zero attached hydrogens (tertiary/aromatic N) is 2. The van der Waals surface area contributed by atoms with E-state index in [1.54, 1.807) is 0 Å². The Kier molecular flexibility index (Phi) is 5.05. The molecular formula is C16H14BrClN2. The number of rotatable bonds is 4. The summed E-state index contributed by atoms with van der Waals surface area (Å²) in [6.07, 6.45) is 0. The number of hydrogen-bond acceptors (Lipinski definition) is 2. The molecule has 0 atom stereocenters. The van der Waals surface area contributed by atoms with Gasteiger partial charge in [-0.15, -0.1) is 11.6 Å². The van der Waals surface area contributed by atoms with Crippen LogP contribution >= 0.6 is 27.5 Å². The van der Waals surface area contributed by atoms with Gasteiger partial charge in [0, 0.05) is 29.6 Å². The van der Waals surface area contributed by atoms with E-state index in [4.69, 9.17) is 16.9 Å². The third kappa shape index (κ3) is 3.53. The maximum absolute atomic E-state index is 8.92. The molecule has 0 aliphatic carbocycles. The highest BCUT2D eigenvalue weighted by Gasteiger charge is 2.06. The number of anilines is 1. The molecule has 2 aromatic rings. The Morgan fingerprint density at radius 3 is 2.70 bits per heavy atom. The van der Waals surface area contributed by atoms with Gasteiger partial charge >= 0.3 is 0 Å². The topological polar surface area (TPSA) is 27.0 Å². The Hall–Kier alpha value is -1.50. The summed E-state index contributed by atoms with van der Waals surface area (Å²) in [7, 11) is 2.03.